The van der Waals surface area contributed by atoms with Gasteiger partial charge in [-0.15, -0.1) is 0 Å². The Morgan fingerprint density at radius 3 is 2.95 bits per heavy atom. The number of imidazole rings is 1. The van der Waals surface area contributed by atoms with Gasteiger partial charge in [-0.05, 0) is 0 Å². The van der Waals surface area contributed by atoms with Gasteiger partial charge in [0.15, 0.2) is 5.82 Å². The van der Waals surface area contributed by atoms with Crippen LogP contribution in [0.25, 0.3) is 0 Å². The van der Waals surface area contributed by atoms with Gasteiger partial charge in [0.25, 0.3) is 5.91 Å². The molecule has 0 fully saturated rings. The number of hydrogen-bond donors (Lipinski definition) is 1. The van der Waals surface area contributed by atoms with Gasteiger partial charge in [-0.2, -0.15) is 5.10 Å². The van der Waals surface area contributed by atoms with Crippen LogP contribution < -0.4 is 5.32 Å². The van der Waals surface area contributed by atoms with Gasteiger partial charge in [0.2, 0.25) is 0 Å². The molecule has 1 N–H and O–H groups in total. The van der Waals surface area contributed by atoms with E-state index in [4.69, 9.17) is 16.3 Å². The minimum absolute atomic E-state index is 0.245. The van der Waals surface area contributed by atoms with Gasteiger partial charge in [-0.1, -0.05) is 11.6 Å². The Bertz CT molecular complexity index is 577. The van der Waals surface area contributed by atoms with E-state index >= 15 is 0 Å². The summed E-state index contributed by atoms with van der Waals surface area (Å²) in [5.41, 5.74) is 0.597. The van der Waals surface area contributed by atoms with Crippen molar-refractivity contribution in [2.75, 3.05) is 19.0 Å². The first-order valence-electron chi connectivity index (χ1n) is 5.61. The third-order valence-electron chi connectivity index (χ3n) is 2.55. The Labute approximate surface area is 115 Å². The van der Waals surface area contributed by atoms with Gasteiger partial charge in [-0.3, -0.25) is 9.48 Å². The van der Waals surface area contributed by atoms with Crippen molar-refractivity contribution in [3.05, 3.63) is 29.6 Å². The highest BCUT2D eigenvalue weighted by atomic mass is 35.5. The highest BCUT2D eigenvalue weighted by Gasteiger charge is 2.14. The minimum Gasteiger partial charge on any atom is -0.383 e. The Kier molecular flexibility index (Phi) is 4.18. The fourth-order valence-electron chi connectivity index (χ4n) is 1.52. The van der Waals surface area contributed by atoms with E-state index in [1.54, 1.807) is 31.2 Å². The molecule has 0 radical (unpaired) electrons. The SMILES string of the molecule is COCCn1cc(NC(=O)c2ncc(Cl)n2C)cn1. The van der Waals surface area contributed by atoms with E-state index in [1.165, 1.54) is 10.8 Å². The number of amides is 1. The van der Waals surface area contributed by atoms with Crippen LogP contribution in [0.3, 0.4) is 0 Å². The number of anilines is 1. The Morgan fingerprint density at radius 2 is 2.32 bits per heavy atom. The zero-order valence-corrected chi connectivity index (χ0v) is 11.4. The van der Waals surface area contributed by atoms with Crippen LogP contribution in [0.2, 0.25) is 5.15 Å². The van der Waals surface area contributed by atoms with Crippen LogP contribution in [0.4, 0.5) is 5.69 Å². The first-order chi connectivity index (χ1) is 9.11. The molecule has 0 bridgehead atoms. The largest absolute Gasteiger partial charge is 0.383 e. The molecule has 0 aromatic carbocycles. The molecule has 7 nitrogen and oxygen atoms in total. The molecule has 0 unspecified atom stereocenters. The average molecular weight is 284 g/mol. The maximum atomic E-state index is 12.0. The Hall–Kier alpha value is -1.86. The number of nitrogens with zero attached hydrogens (tertiary/aromatic N) is 4. The number of nitrogens with one attached hydrogen (secondary N) is 1. The molecule has 0 spiro atoms. The van der Waals surface area contributed by atoms with Crippen molar-refractivity contribution in [1.29, 1.82) is 0 Å². The number of rotatable bonds is 5. The number of carbonyl (C=O) groups is 1. The number of carbonyl (C=O) groups excluding carboxylic acids is 1. The molecular weight excluding hydrogens is 270 g/mol. The second-order valence-corrected chi connectivity index (χ2v) is 4.29. The molecule has 8 heteroatoms. The lowest BCUT2D eigenvalue weighted by Crippen LogP contribution is -2.16. The molecule has 0 aliphatic heterocycles. The second kappa shape index (κ2) is 5.85. The summed E-state index contributed by atoms with van der Waals surface area (Å²) in [6.45, 7) is 1.19. The third-order valence-corrected chi connectivity index (χ3v) is 2.90. The van der Waals surface area contributed by atoms with E-state index in [-0.39, 0.29) is 11.7 Å². The fourth-order valence-corrected chi connectivity index (χ4v) is 1.65. The zero-order chi connectivity index (χ0) is 13.8. The van der Waals surface area contributed by atoms with Crippen LogP contribution in [0.1, 0.15) is 10.6 Å². The van der Waals surface area contributed by atoms with Crippen LogP contribution in [0.5, 0.6) is 0 Å². The van der Waals surface area contributed by atoms with Gasteiger partial charge in [0, 0.05) is 20.4 Å². The maximum Gasteiger partial charge on any atom is 0.291 e. The molecule has 2 aromatic heterocycles. The molecule has 0 aliphatic carbocycles. The molecule has 19 heavy (non-hydrogen) atoms. The van der Waals surface area contributed by atoms with E-state index in [0.29, 0.717) is 24.0 Å². The molecule has 0 saturated heterocycles. The normalized spacial score (nSPS) is 10.7. The molecular formula is C11H14ClN5O2. The summed E-state index contributed by atoms with van der Waals surface area (Å²) >= 11 is 5.83. The molecule has 2 aromatic rings. The molecule has 0 aliphatic rings. The van der Waals surface area contributed by atoms with Crippen LogP contribution >= 0.6 is 11.6 Å². The first-order valence-corrected chi connectivity index (χ1v) is 5.99. The van der Waals surface area contributed by atoms with Crippen molar-refractivity contribution in [3.63, 3.8) is 0 Å². The topological polar surface area (TPSA) is 74.0 Å². The van der Waals surface area contributed by atoms with E-state index in [2.05, 4.69) is 15.4 Å². The molecule has 0 saturated carbocycles. The van der Waals surface area contributed by atoms with Crippen molar-refractivity contribution in [3.8, 4) is 0 Å². The monoisotopic (exact) mass is 283 g/mol. The number of aromatic nitrogens is 4. The van der Waals surface area contributed by atoms with E-state index < -0.39 is 0 Å². The summed E-state index contributed by atoms with van der Waals surface area (Å²) < 4.78 is 8.14. The highest BCUT2D eigenvalue weighted by Crippen LogP contribution is 2.11. The first kappa shape index (κ1) is 13.6. The van der Waals surface area contributed by atoms with Crippen LogP contribution in [-0.2, 0) is 18.3 Å². The van der Waals surface area contributed by atoms with Crippen molar-refractivity contribution in [2.45, 2.75) is 6.54 Å². The minimum atomic E-state index is -0.333. The van der Waals surface area contributed by atoms with E-state index in [1.807, 2.05) is 0 Å². The molecule has 2 rings (SSSR count). The van der Waals surface area contributed by atoms with E-state index in [0.717, 1.165) is 0 Å². The number of methoxy groups -OCH3 is 1. The summed E-state index contributed by atoms with van der Waals surface area (Å²) in [6, 6.07) is 0. The summed E-state index contributed by atoms with van der Waals surface area (Å²) in [5, 5.41) is 7.20. The number of halogens is 1. The average Bonchev–Trinajstić information content (AvgIpc) is 2.95. The Morgan fingerprint density at radius 1 is 1.53 bits per heavy atom. The molecule has 2 heterocycles. The summed E-state index contributed by atoms with van der Waals surface area (Å²) in [4.78, 5) is 15.9. The van der Waals surface area contributed by atoms with Crippen LogP contribution in [-0.4, -0.2) is 39.0 Å². The maximum absolute atomic E-state index is 12.0. The third kappa shape index (κ3) is 3.12. The van der Waals surface area contributed by atoms with E-state index in [9.17, 15) is 4.79 Å². The predicted molar refractivity (Wildman–Crippen MR) is 70.3 cm³/mol. The van der Waals surface area contributed by atoms with Crippen molar-refractivity contribution < 1.29 is 9.53 Å². The van der Waals surface area contributed by atoms with Gasteiger partial charge in [0.1, 0.15) is 5.15 Å². The molecule has 102 valence electrons. The fraction of sp³-hybridized carbons (Fsp3) is 0.364. The quantitative estimate of drug-likeness (QED) is 0.894. The lowest BCUT2D eigenvalue weighted by atomic mass is 10.5. The lowest BCUT2D eigenvalue weighted by Gasteiger charge is -2.02. The van der Waals surface area contributed by atoms with Gasteiger partial charge < -0.3 is 14.6 Å². The predicted octanol–water partition coefficient (Wildman–Crippen LogP) is 1.17. The highest BCUT2D eigenvalue weighted by molar-refractivity contribution is 6.29. The second-order valence-electron chi connectivity index (χ2n) is 3.90. The lowest BCUT2D eigenvalue weighted by molar-refractivity contribution is 0.101. The summed E-state index contributed by atoms with van der Waals surface area (Å²) in [5.74, 6) is -0.0877. The summed E-state index contributed by atoms with van der Waals surface area (Å²) in [7, 11) is 3.29. The van der Waals surface area contributed by atoms with Crippen LogP contribution in [0.15, 0.2) is 18.6 Å². The van der Waals surface area contributed by atoms with Gasteiger partial charge in [0.05, 0.1) is 31.2 Å². The van der Waals surface area contributed by atoms with Crippen molar-refractivity contribution in [2.24, 2.45) is 7.05 Å². The van der Waals surface area contributed by atoms with Gasteiger partial charge in [-0.25, -0.2) is 4.98 Å². The van der Waals surface area contributed by atoms with Crippen molar-refractivity contribution >= 4 is 23.2 Å². The number of hydrogen-bond acceptors (Lipinski definition) is 4. The number of ether oxygens (including phenoxy) is 1. The van der Waals surface area contributed by atoms with Crippen LogP contribution in [0, 0.1) is 0 Å². The van der Waals surface area contributed by atoms with Crippen molar-refractivity contribution in [1.82, 2.24) is 19.3 Å². The molecule has 0 atom stereocenters. The Balaban J connectivity index is 2.03. The molecule has 1 amide bonds. The standard InChI is InChI=1S/C11H14ClN5O2/c1-16-9(12)6-13-10(16)11(18)15-8-5-14-17(7-8)3-4-19-2/h5-7H,3-4H2,1-2H3,(H,15,18). The van der Waals surface area contributed by atoms with Gasteiger partial charge >= 0.3 is 0 Å². The smallest absolute Gasteiger partial charge is 0.291 e. The summed E-state index contributed by atoms with van der Waals surface area (Å²) in [6.07, 6.45) is 4.72. The zero-order valence-electron chi connectivity index (χ0n) is 10.6.